The molecular formula is C12H16ClF2N3O2. The fourth-order valence-corrected chi connectivity index (χ4v) is 1.68. The second kappa shape index (κ2) is 7.96. The van der Waals surface area contributed by atoms with E-state index in [1.165, 1.54) is 12.3 Å². The normalized spacial score (nSPS) is 12.3. The van der Waals surface area contributed by atoms with Gasteiger partial charge >= 0.3 is 0 Å². The average molecular weight is 308 g/mol. The quantitative estimate of drug-likeness (QED) is 0.673. The van der Waals surface area contributed by atoms with Gasteiger partial charge in [0.2, 0.25) is 0 Å². The van der Waals surface area contributed by atoms with Crippen molar-refractivity contribution >= 4 is 23.2 Å². The number of halogens is 3. The number of carbonyl (C=O) groups is 1. The van der Waals surface area contributed by atoms with Gasteiger partial charge in [-0.15, -0.1) is 0 Å². The number of hydrogen-bond acceptors (Lipinski definition) is 4. The third-order valence-electron chi connectivity index (χ3n) is 2.50. The van der Waals surface area contributed by atoms with E-state index < -0.39 is 18.9 Å². The molecule has 5 nitrogen and oxygen atoms in total. The summed E-state index contributed by atoms with van der Waals surface area (Å²) < 4.78 is 24.2. The summed E-state index contributed by atoms with van der Waals surface area (Å²) in [5, 5.41) is 14.1. The van der Waals surface area contributed by atoms with Crippen LogP contribution in [0.15, 0.2) is 12.3 Å². The van der Waals surface area contributed by atoms with Gasteiger partial charge in [0.15, 0.2) is 0 Å². The molecule has 0 aliphatic rings. The van der Waals surface area contributed by atoms with E-state index in [0.717, 1.165) is 0 Å². The van der Waals surface area contributed by atoms with Gasteiger partial charge in [-0.1, -0.05) is 11.6 Å². The molecule has 1 aromatic rings. The number of nitrogens with zero attached hydrogens (tertiary/aromatic N) is 1. The molecule has 1 aromatic heterocycles. The first-order valence-corrected chi connectivity index (χ1v) is 6.41. The van der Waals surface area contributed by atoms with E-state index in [9.17, 15) is 13.6 Å². The number of alkyl halides is 2. The molecule has 0 bridgehead atoms. The molecule has 0 spiro atoms. The first-order valence-electron chi connectivity index (χ1n) is 6.03. The van der Waals surface area contributed by atoms with Crippen LogP contribution in [0.5, 0.6) is 0 Å². The van der Waals surface area contributed by atoms with Gasteiger partial charge in [0.05, 0.1) is 17.8 Å². The second-order valence-electron chi connectivity index (χ2n) is 4.21. The largest absolute Gasteiger partial charge is 0.396 e. The van der Waals surface area contributed by atoms with Crippen LogP contribution in [0.25, 0.3) is 0 Å². The minimum atomic E-state index is -2.62. The first-order chi connectivity index (χ1) is 9.43. The topological polar surface area (TPSA) is 74.2 Å². The van der Waals surface area contributed by atoms with Gasteiger partial charge in [-0.25, -0.2) is 13.8 Å². The number of amides is 1. The summed E-state index contributed by atoms with van der Waals surface area (Å²) in [7, 11) is 0. The summed E-state index contributed by atoms with van der Waals surface area (Å²) in [6.07, 6.45) is -0.932. The van der Waals surface area contributed by atoms with E-state index >= 15 is 0 Å². The average Bonchev–Trinajstić information content (AvgIpc) is 2.36. The van der Waals surface area contributed by atoms with E-state index in [-0.39, 0.29) is 23.4 Å². The van der Waals surface area contributed by atoms with Crippen LogP contribution < -0.4 is 10.6 Å². The molecule has 0 radical (unpaired) electrons. The van der Waals surface area contributed by atoms with E-state index in [1.54, 1.807) is 0 Å². The number of aliphatic hydroxyl groups is 1. The lowest BCUT2D eigenvalue weighted by atomic mass is 10.1. The molecular weight excluding hydrogens is 292 g/mol. The van der Waals surface area contributed by atoms with Crippen molar-refractivity contribution in [2.24, 2.45) is 0 Å². The Kier molecular flexibility index (Phi) is 6.60. The lowest BCUT2D eigenvalue weighted by molar-refractivity contribution is 0.0892. The maximum atomic E-state index is 12.1. The van der Waals surface area contributed by atoms with Crippen LogP contribution in [0.1, 0.15) is 23.7 Å². The SMILES string of the molecule is C[C@@H](CCO)Nc1cc(Cl)ncc1C(=O)NCC(F)F. The van der Waals surface area contributed by atoms with Crippen LogP contribution in [0, 0.1) is 0 Å². The molecule has 0 saturated carbocycles. The van der Waals surface area contributed by atoms with Gasteiger partial charge in [-0.3, -0.25) is 4.79 Å². The van der Waals surface area contributed by atoms with Gasteiger partial charge in [0.1, 0.15) is 5.15 Å². The summed E-state index contributed by atoms with van der Waals surface area (Å²) in [4.78, 5) is 15.6. The molecule has 8 heteroatoms. The number of nitrogens with one attached hydrogen (secondary N) is 2. The van der Waals surface area contributed by atoms with Crippen LogP contribution in [0.3, 0.4) is 0 Å². The van der Waals surface area contributed by atoms with Crippen LogP contribution in [0.2, 0.25) is 5.15 Å². The van der Waals surface area contributed by atoms with E-state index in [1.807, 2.05) is 6.92 Å². The molecule has 20 heavy (non-hydrogen) atoms. The van der Waals surface area contributed by atoms with Gasteiger partial charge in [-0.05, 0) is 19.4 Å². The minimum absolute atomic E-state index is 0.0140. The number of carbonyl (C=O) groups excluding carboxylic acids is 1. The Morgan fingerprint density at radius 2 is 2.25 bits per heavy atom. The molecule has 1 amide bonds. The van der Waals surface area contributed by atoms with Gasteiger partial charge in [-0.2, -0.15) is 0 Å². The number of pyridine rings is 1. The highest BCUT2D eigenvalue weighted by atomic mass is 35.5. The zero-order valence-corrected chi connectivity index (χ0v) is 11.6. The van der Waals surface area contributed by atoms with Crippen LogP contribution in [-0.2, 0) is 0 Å². The number of aliphatic hydroxyl groups excluding tert-OH is 1. The third kappa shape index (κ3) is 5.26. The highest BCUT2D eigenvalue weighted by Crippen LogP contribution is 2.20. The Balaban J connectivity index is 2.86. The Hall–Kier alpha value is -1.47. The third-order valence-corrected chi connectivity index (χ3v) is 2.70. The zero-order chi connectivity index (χ0) is 15.1. The molecule has 0 unspecified atom stereocenters. The van der Waals surface area contributed by atoms with Crippen molar-refractivity contribution in [3.8, 4) is 0 Å². The van der Waals surface area contributed by atoms with Gasteiger partial charge < -0.3 is 15.7 Å². The van der Waals surface area contributed by atoms with Crippen LogP contribution >= 0.6 is 11.6 Å². The lowest BCUT2D eigenvalue weighted by Gasteiger charge is -2.17. The lowest BCUT2D eigenvalue weighted by Crippen LogP contribution is -2.30. The molecule has 0 aliphatic carbocycles. The molecule has 0 saturated heterocycles. The van der Waals surface area contributed by atoms with Crippen molar-refractivity contribution in [1.29, 1.82) is 0 Å². The molecule has 112 valence electrons. The molecule has 0 aromatic carbocycles. The fraction of sp³-hybridized carbons (Fsp3) is 0.500. The Labute approximate surface area is 120 Å². The Morgan fingerprint density at radius 1 is 1.55 bits per heavy atom. The number of aromatic nitrogens is 1. The van der Waals surface area contributed by atoms with Crippen molar-refractivity contribution < 1.29 is 18.7 Å². The van der Waals surface area contributed by atoms with E-state index in [4.69, 9.17) is 16.7 Å². The van der Waals surface area contributed by atoms with Crippen LogP contribution in [-0.4, -0.2) is 41.6 Å². The summed E-state index contributed by atoms with van der Waals surface area (Å²) in [5.74, 6) is -0.659. The molecule has 0 aliphatic heterocycles. The van der Waals surface area contributed by atoms with Crippen LogP contribution in [0.4, 0.5) is 14.5 Å². The van der Waals surface area contributed by atoms with Crippen molar-refractivity contribution in [2.75, 3.05) is 18.5 Å². The highest BCUT2D eigenvalue weighted by molar-refractivity contribution is 6.29. The maximum Gasteiger partial charge on any atom is 0.255 e. The summed E-state index contributed by atoms with van der Waals surface area (Å²) in [5.41, 5.74) is 0.512. The number of hydrogen-bond donors (Lipinski definition) is 3. The minimum Gasteiger partial charge on any atom is -0.396 e. The van der Waals surface area contributed by atoms with Crippen molar-refractivity contribution in [3.05, 3.63) is 23.0 Å². The van der Waals surface area contributed by atoms with Crippen molar-refractivity contribution in [3.63, 3.8) is 0 Å². The van der Waals surface area contributed by atoms with Crippen molar-refractivity contribution in [1.82, 2.24) is 10.3 Å². The Bertz CT molecular complexity index is 460. The number of rotatable bonds is 7. The molecule has 0 fully saturated rings. The molecule has 1 heterocycles. The standard InChI is InChI=1S/C12H16ClF2N3O2/c1-7(2-3-19)18-9-4-10(13)16-5-8(9)12(20)17-6-11(14)15/h4-5,7,11,19H,2-3,6H2,1H3,(H,16,18)(H,17,20)/t7-/m0/s1. The predicted molar refractivity (Wildman–Crippen MR) is 72.4 cm³/mol. The fourth-order valence-electron chi connectivity index (χ4n) is 1.53. The van der Waals surface area contributed by atoms with E-state index in [0.29, 0.717) is 12.1 Å². The molecule has 3 N–H and O–H groups in total. The molecule has 1 atom stereocenters. The zero-order valence-electron chi connectivity index (χ0n) is 10.9. The summed E-state index contributed by atoms with van der Waals surface area (Å²) in [6, 6.07) is 1.33. The van der Waals surface area contributed by atoms with E-state index in [2.05, 4.69) is 15.6 Å². The Morgan fingerprint density at radius 3 is 2.85 bits per heavy atom. The summed E-state index contributed by atoms with van der Waals surface area (Å²) in [6.45, 7) is 1.07. The predicted octanol–water partition coefficient (Wildman–Crippen LogP) is 1.91. The van der Waals surface area contributed by atoms with Gasteiger partial charge in [0, 0.05) is 18.8 Å². The number of anilines is 1. The smallest absolute Gasteiger partial charge is 0.255 e. The second-order valence-corrected chi connectivity index (χ2v) is 4.60. The first kappa shape index (κ1) is 16.6. The monoisotopic (exact) mass is 307 g/mol. The van der Waals surface area contributed by atoms with Gasteiger partial charge in [0.25, 0.3) is 12.3 Å². The van der Waals surface area contributed by atoms with Crippen molar-refractivity contribution in [2.45, 2.75) is 25.8 Å². The molecule has 1 rings (SSSR count). The summed E-state index contributed by atoms with van der Waals surface area (Å²) >= 11 is 5.76. The maximum absolute atomic E-state index is 12.1. The highest BCUT2D eigenvalue weighted by Gasteiger charge is 2.15.